The summed E-state index contributed by atoms with van der Waals surface area (Å²) < 4.78 is 43.2. The highest BCUT2D eigenvalue weighted by Gasteiger charge is 2.90. The zero-order valence-corrected chi connectivity index (χ0v) is 28.3. The first-order valence-corrected chi connectivity index (χ1v) is 16.7. The van der Waals surface area contributed by atoms with Crippen LogP contribution in [0.25, 0.3) is 0 Å². The number of likely N-dealkylation sites (tertiary alicyclic amines) is 1. The Hall–Kier alpha value is -2.32. The van der Waals surface area contributed by atoms with Gasteiger partial charge in [-0.3, -0.25) is 9.69 Å². The van der Waals surface area contributed by atoms with Gasteiger partial charge >= 0.3 is 11.9 Å². The summed E-state index contributed by atoms with van der Waals surface area (Å²) in [6.45, 7) is 5.04. The molecule has 4 unspecified atom stereocenters. The molecule has 6 aliphatic rings. The largest absolute Gasteiger partial charge is 0.497 e. The van der Waals surface area contributed by atoms with Gasteiger partial charge < -0.3 is 43.4 Å². The van der Waals surface area contributed by atoms with E-state index in [1.165, 1.54) is 14.0 Å². The number of esters is 2. The van der Waals surface area contributed by atoms with Gasteiger partial charge in [0, 0.05) is 89.4 Å². The zero-order valence-electron chi connectivity index (χ0n) is 28.3. The third-order valence-corrected chi connectivity index (χ3v) is 13.4. The van der Waals surface area contributed by atoms with E-state index in [4.69, 9.17) is 33.2 Å². The summed E-state index contributed by atoms with van der Waals surface area (Å²) in [5, 5.41) is 24.8. The van der Waals surface area contributed by atoms with Gasteiger partial charge in [0.2, 0.25) is 0 Å². The van der Waals surface area contributed by atoms with Gasteiger partial charge in [-0.15, -0.1) is 0 Å². The summed E-state index contributed by atoms with van der Waals surface area (Å²) in [4.78, 5) is 29.5. The van der Waals surface area contributed by atoms with Crippen LogP contribution in [0.4, 0.5) is 0 Å². The lowest BCUT2D eigenvalue weighted by atomic mass is 9.42. The van der Waals surface area contributed by atoms with Crippen LogP contribution >= 0.6 is 0 Å². The Morgan fingerprint density at radius 2 is 1.68 bits per heavy atom. The number of carbonyl (C=O) groups is 2. The van der Waals surface area contributed by atoms with E-state index in [9.17, 15) is 19.8 Å². The van der Waals surface area contributed by atoms with Crippen molar-refractivity contribution in [2.45, 2.75) is 80.9 Å². The fourth-order valence-electron chi connectivity index (χ4n) is 12.4. The molecule has 1 aromatic rings. The minimum atomic E-state index is -1.58. The molecule has 1 saturated heterocycles. The van der Waals surface area contributed by atoms with Gasteiger partial charge in [0.15, 0.2) is 0 Å². The van der Waals surface area contributed by atoms with E-state index in [2.05, 4.69) is 11.8 Å². The first-order valence-electron chi connectivity index (χ1n) is 16.7. The van der Waals surface area contributed by atoms with Crippen LogP contribution in [0.15, 0.2) is 24.3 Å². The maximum Gasteiger partial charge on any atom is 0.338 e. The third-order valence-electron chi connectivity index (χ3n) is 13.4. The molecule has 12 heteroatoms. The van der Waals surface area contributed by atoms with Crippen LogP contribution < -0.4 is 4.74 Å². The second-order valence-corrected chi connectivity index (χ2v) is 14.7. The minimum absolute atomic E-state index is 0.179. The Labute approximate surface area is 275 Å². The fraction of sp³-hybridized carbons (Fsp3) is 0.771. The lowest BCUT2D eigenvalue weighted by Gasteiger charge is -2.70. The maximum absolute atomic E-state index is 13.9. The van der Waals surface area contributed by atoms with Crippen LogP contribution in [0.5, 0.6) is 5.75 Å². The number of benzene rings is 1. The van der Waals surface area contributed by atoms with E-state index >= 15 is 0 Å². The molecule has 6 fully saturated rings. The normalized spacial score (nSPS) is 47.4. The quantitative estimate of drug-likeness (QED) is 0.353. The number of aliphatic hydroxyl groups excluding tert-OH is 1. The summed E-state index contributed by atoms with van der Waals surface area (Å²) in [6, 6.07) is 6.44. The number of aliphatic hydroxyl groups is 2. The number of ether oxygens (including phenoxy) is 7. The van der Waals surface area contributed by atoms with E-state index in [0.29, 0.717) is 37.4 Å². The lowest BCUT2D eigenvalue weighted by molar-refractivity contribution is -0.300. The molecule has 12 nitrogen and oxygen atoms in total. The van der Waals surface area contributed by atoms with Crippen molar-refractivity contribution in [3.8, 4) is 5.75 Å². The Bertz CT molecular complexity index is 1390. The van der Waals surface area contributed by atoms with Crippen molar-refractivity contribution in [2.75, 3.05) is 55.2 Å². The SMILES string of the molecule is CCN1C[C@@]2(COC)C3[C@@H](OC)C4[C@@H]1C3([C@@H](OC)C[C@H]2O)[C@@H]1C[C@]2(O)[C@@H](OC)C[C@@]4(OC(C)=O)C1[C@H]2OC(=O)c1ccc(OC)cc1. The molecule has 1 aromatic carbocycles. The average Bonchev–Trinajstić information content (AvgIpc) is 3.43. The van der Waals surface area contributed by atoms with E-state index in [1.807, 2.05) is 0 Å². The molecule has 0 radical (unpaired) electrons. The average molecular weight is 660 g/mol. The third kappa shape index (κ3) is 4.00. The van der Waals surface area contributed by atoms with Gasteiger partial charge in [-0.25, -0.2) is 4.79 Å². The van der Waals surface area contributed by atoms with Crippen LogP contribution in [0, 0.1) is 34.5 Å². The van der Waals surface area contributed by atoms with E-state index in [1.54, 1.807) is 52.7 Å². The number of hydrogen-bond acceptors (Lipinski definition) is 12. The van der Waals surface area contributed by atoms with Crippen LogP contribution in [0.2, 0.25) is 0 Å². The van der Waals surface area contributed by atoms with Crippen LogP contribution in [0.1, 0.15) is 43.5 Å². The van der Waals surface area contributed by atoms with Crippen LogP contribution in [-0.4, -0.2) is 130 Å². The highest BCUT2D eigenvalue weighted by atomic mass is 16.6. The monoisotopic (exact) mass is 659 g/mol. The number of rotatable bonds is 10. The Morgan fingerprint density at radius 3 is 2.26 bits per heavy atom. The summed E-state index contributed by atoms with van der Waals surface area (Å²) in [5.74, 6) is -2.10. The molecule has 47 heavy (non-hydrogen) atoms. The van der Waals surface area contributed by atoms with Gasteiger partial charge in [-0.1, -0.05) is 6.92 Å². The smallest absolute Gasteiger partial charge is 0.338 e. The summed E-state index contributed by atoms with van der Waals surface area (Å²) in [7, 11) is 8.11. The number of carbonyl (C=O) groups excluding carboxylic acids is 2. The second-order valence-electron chi connectivity index (χ2n) is 14.7. The predicted molar refractivity (Wildman–Crippen MR) is 166 cm³/mol. The van der Waals surface area contributed by atoms with Crippen LogP contribution in [-0.2, 0) is 33.2 Å². The first-order chi connectivity index (χ1) is 22.5. The van der Waals surface area contributed by atoms with Crippen molar-refractivity contribution in [2.24, 2.45) is 34.5 Å². The molecular formula is C35H49NO11. The predicted octanol–water partition coefficient (Wildman–Crippen LogP) is 1.69. The van der Waals surface area contributed by atoms with Crippen molar-refractivity contribution in [1.29, 1.82) is 0 Å². The molecule has 5 saturated carbocycles. The van der Waals surface area contributed by atoms with Gasteiger partial charge in [-0.05, 0) is 43.1 Å². The van der Waals surface area contributed by atoms with Gasteiger partial charge in [0.25, 0.3) is 0 Å². The molecule has 14 atom stereocenters. The molecule has 1 aliphatic heterocycles. The van der Waals surface area contributed by atoms with Gasteiger partial charge in [0.1, 0.15) is 23.1 Å². The molecular weight excluding hydrogens is 610 g/mol. The summed E-state index contributed by atoms with van der Waals surface area (Å²) in [6.07, 6.45) is -2.70. The van der Waals surface area contributed by atoms with Crippen molar-refractivity contribution in [3.05, 3.63) is 29.8 Å². The second kappa shape index (κ2) is 11.4. The molecule has 0 amide bonds. The first kappa shape index (κ1) is 33.2. The molecule has 260 valence electrons. The molecule has 7 rings (SSSR count). The zero-order chi connectivity index (χ0) is 33.7. The number of methoxy groups -OCH3 is 5. The Morgan fingerprint density at radius 1 is 0.979 bits per heavy atom. The summed E-state index contributed by atoms with van der Waals surface area (Å²) >= 11 is 0. The highest BCUT2D eigenvalue weighted by molar-refractivity contribution is 5.89. The van der Waals surface area contributed by atoms with E-state index < -0.39 is 76.3 Å². The number of fused-ring (bicyclic) bond motifs is 2. The van der Waals surface area contributed by atoms with Crippen molar-refractivity contribution in [3.63, 3.8) is 0 Å². The lowest BCUT2D eigenvalue weighted by Crippen LogP contribution is -2.79. The maximum atomic E-state index is 13.9. The van der Waals surface area contributed by atoms with Crippen molar-refractivity contribution >= 4 is 11.9 Å². The molecule has 2 N–H and O–H groups in total. The van der Waals surface area contributed by atoms with Gasteiger partial charge in [0.05, 0.1) is 43.7 Å². The Balaban J connectivity index is 1.47. The molecule has 5 aliphatic carbocycles. The van der Waals surface area contributed by atoms with E-state index in [0.717, 1.165) is 0 Å². The minimum Gasteiger partial charge on any atom is -0.497 e. The number of hydrogen-bond donors (Lipinski definition) is 2. The summed E-state index contributed by atoms with van der Waals surface area (Å²) in [5.41, 5.74) is -3.89. The molecule has 1 spiro atoms. The Kier molecular flexibility index (Phi) is 8.02. The number of nitrogens with zero attached hydrogens (tertiary/aromatic N) is 1. The van der Waals surface area contributed by atoms with E-state index in [-0.39, 0.29) is 30.7 Å². The molecule has 0 aromatic heterocycles. The topological polar surface area (TPSA) is 142 Å². The standard InChI is InChI=1S/C35H49NO11/c1-8-36-16-32(17-41-3)22(38)13-23(43-5)35-21-14-33(40)24(44-6)15-34(47-18(2)37,26(29(35)36)27(45-7)28(32)35)25(21)30(33)46-31(39)19-9-11-20(42-4)12-10-19/h9-12,21-30,38,40H,8,13-17H2,1-7H3/t21-,22-,23+,24+,25?,26?,27+,28?,29-,30-,32+,33+,34-,35?/m1/s1. The fourth-order valence-corrected chi connectivity index (χ4v) is 12.4. The van der Waals surface area contributed by atoms with Crippen molar-refractivity contribution in [1.82, 2.24) is 4.90 Å². The molecule has 7 bridgehead atoms. The number of piperidine rings is 1. The van der Waals surface area contributed by atoms with Crippen LogP contribution in [0.3, 0.4) is 0 Å². The van der Waals surface area contributed by atoms with Crippen molar-refractivity contribution < 1.29 is 53.0 Å². The molecule has 1 heterocycles. The van der Waals surface area contributed by atoms with Gasteiger partial charge in [-0.2, -0.15) is 0 Å². The highest BCUT2D eigenvalue weighted by Crippen LogP contribution is 2.80.